The molecule has 1 aliphatic carbocycles. The zero-order chi connectivity index (χ0) is 15.1. The van der Waals surface area contributed by atoms with Crippen LogP contribution in [0.15, 0.2) is 60.7 Å². The van der Waals surface area contributed by atoms with Gasteiger partial charge in [-0.2, -0.15) is 8.42 Å². The van der Waals surface area contributed by atoms with Crippen LogP contribution in [0.4, 0.5) is 0 Å². The first-order valence-corrected chi connectivity index (χ1v) is 7.97. The van der Waals surface area contributed by atoms with Crippen molar-refractivity contribution in [2.75, 3.05) is 0 Å². The fraction of sp³-hybridized carbons (Fsp3) is 0.125. The van der Waals surface area contributed by atoms with Gasteiger partial charge in [0.2, 0.25) is 0 Å². The summed E-state index contributed by atoms with van der Waals surface area (Å²) in [6, 6.07) is 9.92. The van der Waals surface area contributed by atoms with Crippen molar-refractivity contribution in [3.8, 4) is 0 Å². The number of hydrogen-bond donors (Lipinski definition) is 2. The zero-order valence-electron chi connectivity index (χ0n) is 11.4. The maximum atomic E-state index is 11.5. The first-order valence-electron chi connectivity index (χ1n) is 6.53. The first-order chi connectivity index (χ1) is 9.89. The lowest BCUT2D eigenvalue weighted by atomic mass is 10.1. The highest BCUT2D eigenvalue weighted by Crippen LogP contribution is 2.28. The molecule has 2 N–H and O–H groups in total. The summed E-state index contributed by atoms with van der Waals surface area (Å²) in [5.74, 6) is 0. The Morgan fingerprint density at radius 1 is 1.19 bits per heavy atom. The third-order valence-electron chi connectivity index (χ3n) is 3.69. The van der Waals surface area contributed by atoms with Gasteiger partial charge in [-0.25, -0.2) is 0 Å². The van der Waals surface area contributed by atoms with E-state index >= 15 is 0 Å². The van der Waals surface area contributed by atoms with Gasteiger partial charge in [-0.05, 0) is 24.6 Å². The summed E-state index contributed by atoms with van der Waals surface area (Å²) in [4.78, 5) is 3.29. The third kappa shape index (κ3) is 2.46. The molecule has 0 saturated heterocycles. The van der Waals surface area contributed by atoms with Crippen LogP contribution >= 0.6 is 0 Å². The van der Waals surface area contributed by atoms with Crippen LogP contribution in [-0.4, -0.2) is 22.7 Å². The molecule has 1 aliphatic rings. The predicted octanol–water partition coefficient (Wildman–Crippen LogP) is 3.32. The molecule has 5 heteroatoms. The molecular weight excluding hydrogens is 286 g/mol. The van der Waals surface area contributed by atoms with Crippen molar-refractivity contribution in [1.29, 1.82) is 0 Å². The van der Waals surface area contributed by atoms with E-state index in [1.165, 1.54) is 19.1 Å². The molecule has 0 radical (unpaired) electrons. The fourth-order valence-corrected chi connectivity index (χ4v) is 2.78. The summed E-state index contributed by atoms with van der Waals surface area (Å²) in [7, 11) is -4.20. The van der Waals surface area contributed by atoms with E-state index in [0.29, 0.717) is 0 Å². The standard InChI is InChI=1S/C16H15NO3S/c1-16(21(18,19)20)9-4-6-12(8-10-16)15-11-13-5-2-3-7-14(13)17-15/h2-11,17H,1H3,(H,18,19,20). The second kappa shape index (κ2) is 4.72. The largest absolute Gasteiger partial charge is 0.355 e. The van der Waals surface area contributed by atoms with Crippen LogP contribution in [0, 0.1) is 0 Å². The molecule has 0 saturated carbocycles. The number of aromatic amines is 1. The Balaban J connectivity index is 2.04. The highest BCUT2D eigenvalue weighted by Gasteiger charge is 2.33. The van der Waals surface area contributed by atoms with Crippen LogP contribution in [-0.2, 0) is 10.1 Å². The Labute approximate surface area is 123 Å². The van der Waals surface area contributed by atoms with Gasteiger partial charge in [-0.15, -0.1) is 0 Å². The third-order valence-corrected chi connectivity index (χ3v) is 5.08. The Hall–Kier alpha value is -2.11. The second-order valence-electron chi connectivity index (χ2n) is 5.24. The Morgan fingerprint density at radius 2 is 1.95 bits per heavy atom. The first kappa shape index (κ1) is 13.9. The molecule has 1 heterocycles. The smallest absolute Gasteiger partial charge is 0.277 e. The lowest BCUT2D eigenvalue weighted by molar-refractivity contribution is 0.466. The minimum atomic E-state index is -4.20. The second-order valence-corrected chi connectivity index (χ2v) is 7.07. The molecule has 0 fully saturated rings. The summed E-state index contributed by atoms with van der Waals surface area (Å²) in [5, 5.41) is 1.09. The number of nitrogens with one attached hydrogen (secondary N) is 1. The van der Waals surface area contributed by atoms with E-state index in [0.717, 1.165) is 22.2 Å². The summed E-state index contributed by atoms with van der Waals surface area (Å²) in [5.41, 5.74) is 2.78. The Morgan fingerprint density at radius 3 is 2.67 bits per heavy atom. The van der Waals surface area contributed by atoms with Gasteiger partial charge >= 0.3 is 0 Å². The van der Waals surface area contributed by atoms with E-state index in [1.807, 2.05) is 36.4 Å². The molecule has 1 unspecified atom stereocenters. The molecule has 108 valence electrons. The zero-order valence-corrected chi connectivity index (χ0v) is 12.3. The Bertz CT molecular complexity index is 854. The number of benzene rings is 1. The number of rotatable bonds is 2. The molecule has 1 aromatic heterocycles. The number of allylic oxidation sites excluding steroid dienone is 4. The molecular formula is C16H15NO3S. The number of H-pyrrole nitrogens is 1. The maximum absolute atomic E-state index is 11.5. The van der Waals surface area contributed by atoms with Gasteiger partial charge in [0.05, 0.1) is 0 Å². The van der Waals surface area contributed by atoms with Gasteiger partial charge in [0.15, 0.2) is 0 Å². The van der Waals surface area contributed by atoms with E-state index in [2.05, 4.69) is 4.98 Å². The molecule has 21 heavy (non-hydrogen) atoms. The predicted molar refractivity (Wildman–Crippen MR) is 84.5 cm³/mol. The minimum absolute atomic E-state index is 0.856. The Kier molecular flexibility index (Phi) is 3.11. The summed E-state index contributed by atoms with van der Waals surface area (Å²) in [6.45, 7) is 1.46. The van der Waals surface area contributed by atoms with E-state index < -0.39 is 14.9 Å². The fourth-order valence-electron chi connectivity index (χ4n) is 2.29. The van der Waals surface area contributed by atoms with Crippen LogP contribution in [0.3, 0.4) is 0 Å². The average molecular weight is 301 g/mol. The lowest BCUT2D eigenvalue weighted by Gasteiger charge is -2.16. The van der Waals surface area contributed by atoms with E-state index in [-0.39, 0.29) is 0 Å². The SMILES string of the molecule is CC1(S(=O)(=O)O)C=CC=C(c2cc3ccccc3[nH]2)C=C1. The van der Waals surface area contributed by atoms with Crippen molar-refractivity contribution < 1.29 is 13.0 Å². The van der Waals surface area contributed by atoms with Crippen LogP contribution < -0.4 is 0 Å². The van der Waals surface area contributed by atoms with Crippen molar-refractivity contribution in [3.05, 3.63) is 66.4 Å². The van der Waals surface area contributed by atoms with Crippen LogP contribution in [0.1, 0.15) is 12.6 Å². The van der Waals surface area contributed by atoms with Gasteiger partial charge in [0.25, 0.3) is 10.1 Å². The van der Waals surface area contributed by atoms with Crippen LogP contribution in [0.5, 0.6) is 0 Å². The van der Waals surface area contributed by atoms with E-state index in [4.69, 9.17) is 0 Å². The molecule has 2 aromatic rings. The van der Waals surface area contributed by atoms with Gasteiger partial charge in [-0.1, -0.05) is 48.6 Å². The quantitative estimate of drug-likeness (QED) is 0.836. The van der Waals surface area contributed by atoms with Crippen LogP contribution in [0.25, 0.3) is 16.5 Å². The highest BCUT2D eigenvalue weighted by atomic mass is 32.2. The van der Waals surface area contributed by atoms with E-state index in [9.17, 15) is 13.0 Å². The molecule has 0 amide bonds. The lowest BCUT2D eigenvalue weighted by Crippen LogP contribution is -2.29. The van der Waals surface area contributed by atoms with Gasteiger partial charge in [0.1, 0.15) is 4.75 Å². The van der Waals surface area contributed by atoms with Gasteiger partial charge in [0, 0.05) is 16.6 Å². The van der Waals surface area contributed by atoms with Crippen molar-refractivity contribution in [3.63, 3.8) is 0 Å². The molecule has 1 atom stereocenters. The molecule has 3 rings (SSSR count). The van der Waals surface area contributed by atoms with Crippen molar-refractivity contribution in [2.24, 2.45) is 0 Å². The van der Waals surface area contributed by atoms with Gasteiger partial charge < -0.3 is 4.98 Å². The summed E-state index contributed by atoms with van der Waals surface area (Å²) in [6.07, 6.45) is 8.13. The number of para-hydroxylation sites is 1. The van der Waals surface area contributed by atoms with Crippen LogP contribution in [0.2, 0.25) is 0 Å². The molecule has 0 spiro atoms. The van der Waals surface area contributed by atoms with Gasteiger partial charge in [-0.3, -0.25) is 4.55 Å². The van der Waals surface area contributed by atoms with E-state index in [1.54, 1.807) is 12.2 Å². The molecule has 1 aromatic carbocycles. The van der Waals surface area contributed by atoms with Crippen molar-refractivity contribution in [2.45, 2.75) is 11.7 Å². The normalized spacial score (nSPS) is 22.3. The maximum Gasteiger partial charge on any atom is 0.277 e. The van der Waals surface area contributed by atoms with Crippen molar-refractivity contribution in [1.82, 2.24) is 4.98 Å². The number of fused-ring (bicyclic) bond motifs is 1. The number of hydrogen-bond acceptors (Lipinski definition) is 2. The summed E-state index contributed by atoms with van der Waals surface area (Å²) >= 11 is 0. The topological polar surface area (TPSA) is 70.2 Å². The highest BCUT2D eigenvalue weighted by molar-refractivity contribution is 7.87. The minimum Gasteiger partial charge on any atom is -0.355 e. The molecule has 0 bridgehead atoms. The van der Waals surface area contributed by atoms with Crippen molar-refractivity contribution >= 4 is 26.6 Å². The molecule has 0 aliphatic heterocycles. The monoisotopic (exact) mass is 301 g/mol. The number of aromatic nitrogens is 1. The molecule has 4 nitrogen and oxygen atoms in total. The average Bonchev–Trinajstić information content (AvgIpc) is 2.74. The summed E-state index contributed by atoms with van der Waals surface area (Å²) < 4.78 is 30.9.